The van der Waals surface area contributed by atoms with Crippen molar-refractivity contribution in [3.05, 3.63) is 47.8 Å². The van der Waals surface area contributed by atoms with Gasteiger partial charge >= 0.3 is 5.97 Å². The molecule has 0 saturated heterocycles. The molecule has 130 valence electrons. The largest absolute Gasteiger partial charge is 0.464 e. The van der Waals surface area contributed by atoms with Crippen molar-refractivity contribution in [3.63, 3.8) is 0 Å². The lowest BCUT2D eigenvalue weighted by molar-refractivity contribution is 0.0594. The molecule has 0 fully saturated rings. The van der Waals surface area contributed by atoms with Gasteiger partial charge in [-0.3, -0.25) is 0 Å². The number of benzene rings is 1. The molecule has 1 N–H and O–H groups in total. The average molecular weight is 360 g/mol. The molecule has 3 aromatic rings. The number of hydrogen-bond donors (Lipinski definition) is 1. The number of hydrogen-bond acceptors (Lipinski definition) is 7. The molecule has 1 aromatic carbocycles. The number of fused-ring (bicyclic) bond motifs is 1. The summed E-state index contributed by atoms with van der Waals surface area (Å²) in [6, 6.07) is 9.48. The van der Waals surface area contributed by atoms with Crippen LogP contribution in [-0.4, -0.2) is 43.1 Å². The molecule has 0 spiro atoms. The van der Waals surface area contributed by atoms with Crippen LogP contribution in [0.4, 0.5) is 5.82 Å². The summed E-state index contributed by atoms with van der Waals surface area (Å²) in [5.74, 6) is -0.498. The summed E-state index contributed by atoms with van der Waals surface area (Å²) < 4.78 is 32.3. The Bertz CT molecular complexity index is 1060. The number of nitrogens with zero attached hydrogens (tertiary/aromatic N) is 3. The van der Waals surface area contributed by atoms with Crippen molar-refractivity contribution in [1.82, 2.24) is 14.6 Å². The van der Waals surface area contributed by atoms with Crippen LogP contribution < -0.4 is 5.32 Å². The van der Waals surface area contributed by atoms with Gasteiger partial charge in [0.1, 0.15) is 0 Å². The zero-order valence-corrected chi connectivity index (χ0v) is 14.7. The minimum Gasteiger partial charge on any atom is -0.464 e. The Morgan fingerprint density at radius 1 is 1.24 bits per heavy atom. The van der Waals surface area contributed by atoms with Crippen LogP contribution in [0.1, 0.15) is 16.2 Å². The van der Waals surface area contributed by atoms with E-state index in [4.69, 9.17) is 0 Å². The molecule has 0 saturated carbocycles. The van der Waals surface area contributed by atoms with E-state index in [0.29, 0.717) is 5.69 Å². The Kier molecular flexibility index (Phi) is 4.17. The smallest absolute Gasteiger partial charge is 0.356 e. The Morgan fingerprint density at radius 3 is 2.52 bits per heavy atom. The van der Waals surface area contributed by atoms with E-state index < -0.39 is 15.8 Å². The van der Waals surface area contributed by atoms with Crippen LogP contribution in [0, 0.1) is 6.92 Å². The predicted molar refractivity (Wildman–Crippen MR) is 90.5 cm³/mol. The minimum atomic E-state index is -3.89. The summed E-state index contributed by atoms with van der Waals surface area (Å²) in [6.45, 7) is 1.70. The number of esters is 1. The lowest BCUT2D eigenvalue weighted by Gasteiger charge is -2.06. The molecule has 0 unspecified atom stereocenters. The fourth-order valence-corrected chi connectivity index (χ4v) is 4.00. The van der Waals surface area contributed by atoms with Gasteiger partial charge in [-0.25, -0.2) is 22.7 Å². The zero-order chi connectivity index (χ0) is 18.2. The third-order valence-electron chi connectivity index (χ3n) is 3.68. The van der Waals surface area contributed by atoms with Gasteiger partial charge in [0.25, 0.3) is 0 Å². The third kappa shape index (κ3) is 2.72. The molecule has 0 aliphatic carbocycles. The SMILES string of the molecule is CNc1nn2c(C)cc(C(=O)OC)nc2c1S(=O)(=O)c1ccccc1. The molecule has 0 aliphatic heterocycles. The molecule has 0 aliphatic rings. The highest BCUT2D eigenvalue weighted by Gasteiger charge is 2.29. The number of methoxy groups -OCH3 is 1. The van der Waals surface area contributed by atoms with E-state index >= 15 is 0 Å². The average Bonchev–Trinajstić information content (AvgIpc) is 3.01. The van der Waals surface area contributed by atoms with Gasteiger partial charge in [0.2, 0.25) is 9.84 Å². The quantitative estimate of drug-likeness (QED) is 0.706. The maximum atomic E-state index is 13.1. The summed E-state index contributed by atoms with van der Waals surface area (Å²) in [7, 11) is -1.08. The first-order chi connectivity index (χ1) is 11.9. The standard InChI is InChI=1S/C16H16N4O4S/c1-10-9-12(16(21)24-3)18-15-13(14(17-2)19-20(10)15)25(22,23)11-7-5-4-6-8-11/h4-9H,1-3H3,(H,17,19). The van der Waals surface area contributed by atoms with Gasteiger partial charge in [0.15, 0.2) is 22.1 Å². The Hall–Kier alpha value is -2.94. The number of carbonyl (C=O) groups is 1. The first-order valence-electron chi connectivity index (χ1n) is 7.36. The number of aromatic nitrogens is 3. The lowest BCUT2D eigenvalue weighted by atomic mass is 10.3. The van der Waals surface area contributed by atoms with E-state index in [-0.39, 0.29) is 26.9 Å². The molecule has 8 nitrogen and oxygen atoms in total. The maximum absolute atomic E-state index is 13.1. The number of rotatable bonds is 4. The van der Waals surface area contributed by atoms with E-state index in [2.05, 4.69) is 20.1 Å². The van der Waals surface area contributed by atoms with E-state index in [0.717, 1.165) is 0 Å². The molecule has 2 heterocycles. The molecule has 0 radical (unpaired) electrons. The van der Waals surface area contributed by atoms with Crippen molar-refractivity contribution >= 4 is 27.3 Å². The van der Waals surface area contributed by atoms with E-state index in [1.807, 2.05) is 0 Å². The van der Waals surface area contributed by atoms with Gasteiger partial charge in [-0.1, -0.05) is 18.2 Å². The molecular weight excluding hydrogens is 344 g/mol. The van der Waals surface area contributed by atoms with E-state index in [1.54, 1.807) is 32.2 Å². The Morgan fingerprint density at radius 2 is 1.92 bits per heavy atom. The number of sulfone groups is 1. The minimum absolute atomic E-state index is 0.0135. The summed E-state index contributed by atoms with van der Waals surface area (Å²) in [5, 5.41) is 7.04. The molecule has 0 bridgehead atoms. The monoisotopic (exact) mass is 360 g/mol. The van der Waals surface area contributed by atoms with Gasteiger partial charge in [0.05, 0.1) is 12.0 Å². The summed E-state index contributed by atoms with van der Waals surface area (Å²) >= 11 is 0. The van der Waals surface area contributed by atoms with Gasteiger partial charge < -0.3 is 10.1 Å². The third-order valence-corrected chi connectivity index (χ3v) is 5.48. The highest BCUT2D eigenvalue weighted by atomic mass is 32.2. The highest BCUT2D eigenvalue weighted by molar-refractivity contribution is 7.91. The number of aryl methyl sites for hydroxylation is 1. The van der Waals surface area contributed by atoms with Crippen molar-refractivity contribution in [2.24, 2.45) is 0 Å². The van der Waals surface area contributed by atoms with Crippen LogP contribution in [0.2, 0.25) is 0 Å². The molecule has 9 heteroatoms. The fourth-order valence-electron chi connectivity index (χ4n) is 2.48. The van der Waals surface area contributed by atoms with Crippen molar-refractivity contribution < 1.29 is 17.9 Å². The van der Waals surface area contributed by atoms with Crippen LogP contribution in [0.15, 0.2) is 46.2 Å². The van der Waals surface area contributed by atoms with Crippen LogP contribution >= 0.6 is 0 Å². The van der Waals surface area contributed by atoms with E-state index in [1.165, 1.54) is 29.8 Å². The first-order valence-corrected chi connectivity index (χ1v) is 8.85. The molecule has 3 rings (SSSR count). The van der Waals surface area contributed by atoms with Gasteiger partial charge in [0, 0.05) is 12.7 Å². The number of anilines is 1. The lowest BCUT2D eigenvalue weighted by Crippen LogP contribution is -2.10. The van der Waals surface area contributed by atoms with Gasteiger partial charge in [-0.2, -0.15) is 0 Å². The van der Waals surface area contributed by atoms with Crippen LogP contribution in [0.3, 0.4) is 0 Å². The second kappa shape index (κ2) is 6.17. The summed E-state index contributed by atoms with van der Waals surface area (Å²) in [6.07, 6.45) is 0. The van der Waals surface area contributed by atoms with Crippen LogP contribution in [0.5, 0.6) is 0 Å². The molecular formula is C16H16N4O4S. The maximum Gasteiger partial charge on any atom is 0.356 e. The number of nitrogens with one attached hydrogen (secondary N) is 1. The second-order valence-electron chi connectivity index (χ2n) is 5.25. The Labute approximate surface area is 144 Å². The predicted octanol–water partition coefficient (Wildman–Crippen LogP) is 1.70. The molecule has 0 atom stereocenters. The molecule has 2 aromatic heterocycles. The van der Waals surface area contributed by atoms with E-state index in [9.17, 15) is 13.2 Å². The fraction of sp³-hybridized carbons (Fsp3) is 0.188. The number of carbonyl (C=O) groups excluding carboxylic acids is 1. The van der Waals surface area contributed by atoms with Crippen molar-refractivity contribution in [2.75, 3.05) is 19.5 Å². The van der Waals surface area contributed by atoms with Gasteiger partial charge in [-0.15, -0.1) is 5.10 Å². The summed E-state index contributed by atoms with van der Waals surface area (Å²) in [4.78, 5) is 16.0. The first kappa shape index (κ1) is 16.9. The molecule has 25 heavy (non-hydrogen) atoms. The topological polar surface area (TPSA) is 103 Å². The zero-order valence-electron chi connectivity index (χ0n) is 13.8. The number of ether oxygens (including phenoxy) is 1. The highest BCUT2D eigenvalue weighted by Crippen LogP contribution is 2.31. The van der Waals surface area contributed by atoms with Crippen molar-refractivity contribution in [1.29, 1.82) is 0 Å². The van der Waals surface area contributed by atoms with Gasteiger partial charge in [-0.05, 0) is 25.1 Å². The second-order valence-corrected chi connectivity index (χ2v) is 7.14. The summed E-state index contributed by atoms with van der Waals surface area (Å²) in [5.41, 5.74) is 0.629. The normalized spacial score (nSPS) is 11.5. The molecule has 0 amide bonds. The van der Waals surface area contributed by atoms with Crippen LogP contribution in [-0.2, 0) is 14.6 Å². The van der Waals surface area contributed by atoms with Crippen LogP contribution in [0.25, 0.3) is 5.65 Å². The Balaban J connectivity index is 2.37. The van der Waals surface area contributed by atoms with Crippen molar-refractivity contribution in [3.8, 4) is 0 Å². The van der Waals surface area contributed by atoms with Crippen molar-refractivity contribution in [2.45, 2.75) is 16.7 Å².